The summed E-state index contributed by atoms with van der Waals surface area (Å²) in [7, 11) is 0. The summed E-state index contributed by atoms with van der Waals surface area (Å²) >= 11 is 14.0. The van der Waals surface area contributed by atoms with Gasteiger partial charge >= 0.3 is 5.91 Å². The van der Waals surface area contributed by atoms with Crippen LogP contribution in [-0.4, -0.2) is 29.3 Å². The number of halogens is 4. The average Bonchev–Trinajstić information content (AvgIpc) is 3.46. The number of hydrogen-bond acceptors (Lipinski definition) is 8. The van der Waals surface area contributed by atoms with Crippen molar-refractivity contribution >= 4 is 110 Å². The van der Waals surface area contributed by atoms with Gasteiger partial charge in [0.2, 0.25) is 0 Å². The summed E-state index contributed by atoms with van der Waals surface area (Å²) in [6.07, 6.45) is 0. The number of rotatable bonds is 4. The van der Waals surface area contributed by atoms with Crippen molar-refractivity contribution < 1.29 is 0 Å². The number of anilines is 4. The van der Waals surface area contributed by atoms with Crippen LogP contribution in [0, 0.1) is 0 Å². The molecule has 1 spiro atoms. The second kappa shape index (κ2) is 11.9. The zero-order chi connectivity index (χ0) is 28.4. The van der Waals surface area contributed by atoms with E-state index >= 15 is 0 Å². The van der Waals surface area contributed by atoms with Gasteiger partial charge in [0.1, 0.15) is 0 Å². The van der Waals surface area contributed by atoms with Crippen LogP contribution in [-0.2, 0) is 0 Å². The number of hydrogen-bond donors (Lipinski definition) is 4. The molecule has 0 bridgehead atoms. The summed E-state index contributed by atoms with van der Waals surface area (Å²) in [6.45, 7) is 0. The molecule has 0 atom stereocenters. The molecule has 0 saturated heterocycles. The van der Waals surface area contributed by atoms with Crippen molar-refractivity contribution in [1.82, 2.24) is 0 Å². The minimum atomic E-state index is -1.45. The lowest BCUT2D eigenvalue weighted by Crippen LogP contribution is -2.27. The minimum absolute atomic E-state index is 0.510. The summed E-state index contributed by atoms with van der Waals surface area (Å²) in [5.41, 5.74) is 3.40. The molecular weight excluding hydrogens is 780 g/mol. The summed E-state index contributed by atoms with van der Waals surface area (Å²) in [4.78, 5) is 19.6. The van der Waals surface area contributed by atoms with Gasteiger partial charge in [-0.15, -0.1) is 0 Å². The highest BCUT2D eigenvalue weighted by molar-refractivity contribution is 9.11. The molecule has 0 unspecified atom stereocenters. The van der Waals surface area contributed by atoms with Crippen LogP contribution in [0.15, 0.2) is 135 Å². The van der Waals surface area contributed by atoms with E-state index in [2.05, 4.69) is 85.0 Å². The van der Waals surface area contributed by atoms with Crippen molar-refractivity contribution in [2.75, 3.05) is 21.3 Å². The Hall–Kier alpha value is -3.32. The van der Waals surface area contributed by atoms with Gasteiger partial charge in [-0.1, -0.05) is 63.7 Å². The monoisotopic (exact) mass is 796 g/mol. The van der Waals surface area contributed by atoms with Gasteiger partial charge in [-0.25, -0.2) is 0 Å². The lowest BCUT2D eigenvalue weighted by Gasteiger charge is -2.10. The fraction of sp³-hybridized carbons (Fsp3) is 0.0345. The third-order valence-electron chi connectivity index (χ3n) is 5.92. The number of aliphatic imine (C=N–C) groups is 4. The topological polar surface area (TPSA) is 97.6 Å². The standard InChI is InChI=1S/C29H20Br4N8/c30-17-1-9-21(10-2-17)34-25-26(35-22-11-3-18(31)4-12-22)39-29(38-25)40-27(36-23-13-5-19(32)6-14-23)28(41-29)37-24-15-7-20(33)8-16-24/h1-16H,(H,34,38)(H,35,39)(H,36,40)(H,37,41). The summed E-state index contributed by atoms with van der Waals surface area (Å²) < 4.78 is 3.92. The van der Waals surface area contributed by atoms with Crippen LogP contribution in [0.3, 0.4) is 0 Å². The molecule has 204 valence electrons. The summed E-state index contributed by atoms with van der Waals surface area (Å²) in [5.74, 6) is 0.586. The highest BCUT2D eigenvalue weighted by Gasteiger charge is 2.42. The molecule has 4 aromatic rings. The summed E-state index contributed by atoms with van der Waals surface area (Å²) in [6, 6.07) is 31.3. The highest BCUT2D eigenvalue weighted by Crippen LogP contribution is 2.31. The van der Waals surface area contributed by atoms with E-state index in [4.69, 9.17) is 20.0 Å². The molecule has 2 aliphatic heterocycles. The number of nitrogens with one attached hydrogen (secondary N) is 4. The lowest BCUT2D eigenvalue weighted by molar-refractivity contribution is 0.521. The maximum absolute atomic E-state index is 4.89. The van der Waals surface area contributed by atoms with Crippen LogP contribution in [0.2, 0.25) is 0 Å². The molecule has 4 N–H and O–H groups in total. The van der Waals surface area contributed by atoms with Crippen molar-refractivity contribution in [3.8, 4) is 0 Å². The maximum Gasteiger partial charge on any atom is 0.356 e. The molecule has 0 saturated carbocycles. The van der Waals surface area contributed by atoms with E-state index in [1.54, 1.807) is 0 Å². The molecule has 41 heavy (non-hydrogen) atoms. The minimum Gasteiger partial charge on any atom is -0.337 e. The Bertz CT molecular complexity index is 1440. The van der Waals surface area contributed by atoms with Gasteiger partial charge in [-0.3, -0.25) is 0 Å². The summed E-state index contributed by atoms with van der Waals surface area (Å²) in [5, 5.41) is 13.5. The van der Waals surface area contributed by atoms with E-state index < -0.39 is 5.91 Å². The van der Waals surface area contributed by atoms with Gasteiger partial charge in [0.05, 0.1) is 0 Å². The van der Waals surface area contributed by atoms with Crippen LogP contribution in [0.4, 0.5) is 22.7 Å². The first-order valence-electron chi connectivity index (χ1n) is 12.3. The van der Waals surface area contributed by atoms with Crippen molar-refractivity contribution in [3.63, 3.8) is 0 Å². The molecular formula is C29H20Br4N8. The normalized spacial score (nSPS) is 15.1. The van der Waals surface area contributed by atoms with Crippen LogP contribution >= 0.6 is 63.7 Å². The highest BCUT2D eigenvalue weighted by atomic mass is 79.9. The molecule has 0 amide bonds. The zero-order valence-corrected chi connectivity index (χ0v) is 27.4. The molecule has 4 aromatic carbocycles. The van der Waals surface area contributed by atoms with Crippen LogP contribution in [0.5, 0.6) is 0 Å². The van der Waals surface area contributed by atoms with Crippen molar-refractivity contribution in [2.45, 2.75) is 5.91 Å². The number of benzene rings is 4. The fourth-order valence-electron chi connectivity index (χ4n) is 3.99. The molecule has 0 fully saturated rings. The Labute approximate surface area is 270 Å². The first-order valence-corrected chi connectivity index (χ1v) is 15.5. The fourth-order valence-corrected chi connectivity index (χ4v) is 5.05. The van der Waals surface area contributed by atoms with Gasteiger partial charge in [0, 0.05) is 40.6 Å². The molecule has 2 aliphatic rings. The van der Waals surface area contributed by atoms with Crippen molar-refractivity contribution in [2.24, 2.45) is 20.0 Å². The largest absolute Gasteiger partial charge is 0.356 e. The lowest BCUT2D eigenvalue weighted by atomic mass is 10.3. The molecule has 8 nitrogen and oxygen atoms in total. The Morgan fingerprint density at radius 1 is 0.341 bits per heavy atom. The average molecular weight is 800 g/mol. The van der Waals surface area contributed by atoms with Crippen molar-refractivity contribution in [1.29, 1.82) is 0 Å². The third kappa shape index (κ3) is 6.78. The van der Waals surface area contributed by atoms with E-state index in [0.717, 1.165) is 40.6 Å². The predicted molar refractivity (Wildman–Crippen MR) is 184 cm³/mol. The first-order chi connectivity index (χ1) is 19.8. The van der Waals surface area contributed by atoms with E-state index in [1.165, 1.54) is 0 Å². The predicted octanol–water partition coefficient (Wildman–Crippen LogP) is 8.72. The van der Waals surface area contributed by atoms with Crippen LogP contribution < -0.4 is 21.3 Å². The molecule has 2 heterocycles. The number of amidine groups is 4. The van der Waals surface area contributed by atoms with Gasteiger partial charge in [-0.2, -0.15) is 20.0 Å². The van der Waals surface area contributed by atoms with Gasteiger partial charge < -0.3 is 21.3 Å². The Morgan fingerprint density at radius 2 is 0.537 bits per heavy atom. The quantitative estimate of drug-likeness (QED) is 0.166. The molecule has 12 heteroatoms. The third-order valence-corrected chi connectivity index (χ3v) is 8.04. The first kappa shape index (κ1) is 27.8. The Kier molecular flexibility index (Phi) is 8.07. The molecule has 0 radical (unpaired) electrons. The Morgan fingerprint density at radius 3 is 0.732 bits per heavy atom. The number of nitrogens with zero attached hydrogens (tertiary/aromatic N) is 4. The van der Waals surface area contributed by atoms with E-state index in [-0.39, 0.29) is 0 Å². The molecule has 0 aromatic heterocycles. The second-order valence-electron chi connectivity index (χ2n) is 8.97. The van der Waals surface area contributed by atoms with Crippen molar-refractivity contribution in [3.05, 3.63) is 115 Å². The van der Waals surface area contributed by atoms with Gasteiger partial charge in [0.25, 0.3) is 0 Å². The second-order valence-corrected chi connectivity index (χ2v) is 12.6. The van der Waals surface area contributed by atoms with Crippen LogP contribution in [0.1, 0.15) is 0 Å². The zero-order valence-electron chi connectivity index (χ0n) is 21.0. The van der Waals surface area contributed by atoms with E-state index in [0.29, 0.717) is 23.3 Å². The van der Waals surface area contributed by atoms with Gasteiger partial charge in [-0.05, 0) is 97.1 Å². The molecule has 6 rings (SSSR count). The van der Waals surface area contributed by atoms with Crippen LogP contribution in [0.25, 0.3) is 0 Å². The van der Waals surface area contributed by atoms with E-state index in [9.17, 15) is 0 Å². The SMILES string of the molecule is Brc1ccc(NC2=NC3(N=C2Nc2ccc(Br)cc2)N=C(Nc2ccc(Br)cc2)C(Nc2ccc(Br)cc2)=N3)cc1. The van der Waals surface area contributed by atoms with E-state index in [1.807, 2.05) is 97.1 Å². The molecule has 0 aliphatic carbocycles. The van der Waals surface area contributed by atoms with Gasteiger partial charge in [0.15, 0.2) is 23.3 Å². The maximum atomic E-state index is 4.89. The smallest absolute Gasteiger partial charge is 0.337 e. The Balaban J connectivity index is 1.39.